The molecule has 0 aliphatic heterocycles. The molecule has 0 spiro atoms. The van der Waals surface area contributed by atoms with Gasteiger partial charge >= 0.3 is 5.97 Å². The highest BCUT2D eigenvalue weighted by Gasteiger charge is 2.21. The van der Waals surface area contributed by atoms with E-state index in [1.54, 1.807) is 13.8 Å². The maximum Gasteiger partial charge on any atom is 0.352 e. The van der Waals surface area contributed by atoms with Crippen LogP contribution in [0.2, 0.25) is 0 Å². The summed E-state index contributed by atoms with van der Waals surface area (Å²) < 4.78 is 1.29. The lowest BCUT2D eigenvalue weighted by molar-refractivity contribution is -0.384. The smallest absolute Gasteiger partial charge is 0.352 e. The van der Waals surface area contributed by atoms with Crippen molar-refractivity contribution in [3.63, 3.8) is 0 Å². The van der Waals surface area contributed by atoms with Gasteiger partial charge in [0.1, 0.15) is 5.69 Å². The number of nitro groups is 1. The molecule has 0 aromatic carbocycles. The minimum Gasteiger partial charge on any atom is -0.477 e. The number of aryl methyl sites for hydroxylation is 1. The first-order chi connectivity index (χ1) is 8.26. The second kappa shape index (κ2) is 4.87. The van der Waals surface area contributed by atoms with Crippen LogP contribution in [0.3, 0.4) is 0 Å². The summed E-state index contributed by atoms with van der Waals surface area (Å²) >= 11 is 0. The number of carbonyl (C=O) groups is 1. The lowest BCUT2D eigenvalue weighted by Crippen LogP contribution is -2.15. The summed E-state index contributed by atoms with van der Waals surface area (Å²) in [4.78, 5) is 20.9. The fourth-order valence-electron chi connectivity index (χ4n) is 1.41. The molecule has 0 fully saturated rings. The van der Waals surface area contributed by atoms with Gasteiger partial charge in [0.05, 0.1) is 22.6 Å². The van der Waals surface area contributed by atoms with Crippen molar-refractivity contribution in [2.45, 2.75) is 26.8 Å². The van der Waals surface area contributed by atoms with Gasteiger partial charge in [-0.1, -0.05) is 0 Å². The van der Waals surface area contributed by atoms with Crippen LogP contribution >= 0.6 is 0 Å². The molecule has 0 radical (unpaired) electrons. The molecule has 1 N–H and O–H groups in total. The average molecular weight is 251 g/mol. The fourth-order valence-corrected chi connectivity index (χ4v) is 1.41. The van der Waals surface area contributed by atoms with Crippen molar-refractivity contribution in [1.82, 2.24) is 4.57 Å². The number of rotatable bonds is 5. The van der Waals surface area contributed by atoms with Crippen LogP contribution in [0.15, 0.2) is 12.3 Å². The Bertz CT molecular complexity index is 525. The van der Waals surface area contributed by atoms with Gasteiger partial charge in [-0.2, -0.15) is 5.26 Å². The lowest BCUT2D eigenvalue weighted by Gasteiger charge is -2.15. The Morgan fingerprint density at radius 3 is 2.72 bits per heavy atom. The predicted molar refractivity (Wildman–Crippen MR) is 62.1 cm³/mol. The van der Waals surface area contributed by atoms with E-state index in [1.165, 1.54) is 10.8 Å². The lowest BCUT2D eigenvalue weighted by atomic mass is 9.91. The topological polar surface area (TPSA) is 109 Å². The van der Waals surface area contributed by atoms with Crippen LogP contribution in [0.5, 0.6) is 0 Å². The zero-order chi connectivity index (χ0) is 13.9. The van der Waals surface area contributed by atoms with Gasteiger partial charge in [0.25, 0.3) is 5.69 Å². The molecule has 0 aliphatic carbocycles. The standard InChI is InChI=1S/C11H13N3O4/c1-11(2,7-12)3-4-13-6-8(14(17)18)5-9(13)10(15)16/h5-6H,3-4H2,1-2H3,(H,15,16). The van der Waals surface area contributed by atoms with E-state index in [1.807, 2.05) is 0 Å². The molecule has 7 heteroatoms. The van der Waals surface area contributed by atoms with Crippen molar-refractivity contribution in [2.24, 2.45) is 5.41 Å². The van der Waals surface area contributed by atoms with Crippen LogP contribution in [0.1, 0.15) is 30.8 Å². The van der Waals surface area contributed by atoms with Crippen molar-refractivity contribution in [3.05, 3.63) is 28.1 Å². The first-order valence-corrected chi connectivity index (χ1v) is 5.26. The van der Waals surface area contributed by atoms with Gasteiger partial charge in [-0.15, -0.1) is 0 Å². The molecule has 0 amide bonds. The molecular weight excluding hydrogens is 238 g/mol. The van der Waals surface area contributed by atoms with Crippen LogP contribution in [-0.2, 0) is 6.54 Å². The Morgan fingerprint density at radius 2 is 2.28 bits per heavy atom. The molecule has 0 unspecified atom stereocenters. The van der Waals surface area contributed by atoms with Gasteiger partial charge in [-0.05, 0) is 20.3 Å². The zero-order valence-corrected chi connectivity index (χ0v) is 10.1. The SMILES string of the molecule is CC(C)(C#N)CCn1cc([N+](=O)[O-])cc1C(=O)O. The largest absolute Gasteiger partial charge is 0.477 e. The summed E-state index contributed by atoms with van der Waals surface area (Å²) in [7, 11) is 0. The van der Waals surface area contributed by atoms with Gasteiger partial charge in [0, 0.05) is 12.6 Å². The van der Waals surface area contributed by atoms with Crippen LogP contribution < -0.4 is 0 Å². The molecule has 7 nitrogen and oxygen atoms in total. The summed E-state index contributed by atoms with van der Waals surface area (Å²) in [5.41, 5.74) is -1.01. The maximum atomic E-state index is 10.9. The molecule has 1 rings (SSSR count). The molecule has 0 bridgehead atoms. The second-order valence-corrected chi connectivity index (χ2v) is 4.58. The van der Waals surface area contributed by atoms with E-state index in [-0.39, 0.29) is 17.9 Å². The number of hydrogen-bond acceptors (Lipinski definition) is 4. The molecule has 1 aromatic heterocycles. The van der Waals surface area contributed by atoms with E-state index < -0.39 is 16.3 Å². The highest BCUT2D eigenvalue weighted by Crippen LogP contribution is 2.22. The number of carboxylic acid groups (broad SMARTS) is 1. The van der Waals surface area contributed by atoms with E-state index in [0.29, 0.717) is 6.42 Å². The molecular formula is C11H13N3O4. The molecule has 18 heavy (non-hydrogen) atoms. The van der Waals surface area contributed by atoms with E-state index in [4.69, 9.17) is 10.4 Å². The van der Waals surface area contributed by atoms with Gasteiger partial charge in [-0.25, -0.2) is 4.79 Å². The summed E-state index contributed by atoms with van der Waals surface area (Å²) in [6.07, 6.45) is 1.59. The number of hydrogen-bond donors (Lipinski definition) is 1. The van der Waals surface area contributed by atoms with E-state index >= 15 is 0 Å². The molecule has 0 aliphatic rings. The van der Waals surface area contributed by atoms with E-state index in [0.717, 1.165) is 6.07 Å². The first kappa shape index (κ1) is 13.7. The minimum atomic E-state index is -1.22. The number of nitriles is 1. The first-order valence-electron chi connectivity index (χ1n) is 5.26. The van der Waals surface area contributed by atoms with Crippen LogP contribution in [0.4, 0.5) is 5.69 Å². The van der Waals surface area contributed by atoms with Gasteiger partial charge in [-0.3, -0.25) is 10.1 Å². The Kier molecular flexibility index (Phi) is 3.71. The van der Waals surface area contributed by atoms with Crippen molar-refractivity contribution >= 4 is 11.7 Å². The van der Waals surface area contributed by atoms with E-state index in [2.05, 4.69) is 6.07 Å². The second-order valence-electron chi connectivity index (χ2n) is 4.58. The maximum absolute atomic E-state index is 10.9. The number of nitrogens with zero attached hydrogens (tertiary/aromatic N) is 3. The summed E-state index contributed by atoms with van der Waals surface area (Å²) in [5, 5.41) is 28.4. The van der Waals surface area contributed by atoms with Crippen LogP contribution in [-0.4, -0.2) is 20.6 Å². The quantitative estimate of drug-likeness (QED) is 0.636. The Morgan fingerprint density at radius 1 is 1.67 bits per heavy atom. The molecule has 0 saturated carbocycles. The van der Waals surface area contributed by atoms with Gasteiger partial charge in [0.2, 0.25) is 0 Å². The zero-order valence-electron chi connectivity index (χ0n) is 10.1. The van der Waals surface area contributed by atoms with Crippen molar-refractivity contribution in [2.75, 3.05) is 0 Å². The summed E-state index contributed by atoms with van der Waals surface area (Å²) in [5.74, 6) is -1.22. The molecule has 96 valence electrons. The third-order valence-electron chi connectivity index (χ3n) is 2.59. The average Bonchev–Trinajstić information content (AvgIpc) is 2.71. The molecule has 0 atom stereocenters. The molecule has 0 saturated heterocycles. The van der Waals surface area contributed by atoms with E-state index in [9.17, 15) is 14.9 Å². The van der Waals surface area contributed by atoms with Gasteiger partial charge < -0.3 is 9.67 Å². The third kappa shape index (κ3) is 3.07. The molecule has 1 heterocycles. The van der Waals surface area contributed by atoms with Crippen LogP contribution in [0.25, 0.3) is 0 Å². The predicted octanol–water partition coefficient (Wildman–Crippen LogP) is 2.03. The van der Waals surface area contributed by atoms with Crippen molar-refractivity contribution in [1.29, 1.82) is 5.26 Å². The fraction of sp³-hybridized carbons (Fsp3) is 0.455. The van der Waals surface area contributed by atoms with Crippen molar-refractivity contribution < 1.29 is 14.8 Å². The van der Waals surface area contributed by atoms with Crippen molar-refractivity contribution in [3.8, 4) is 6.07 Å². The highest BCUT2D eigenvalue weighted by molar-refractivity contribution is 5.86. The monoisotopic (exact) mass is 251 g/mol. The Hall–Kier alpha value is -2.36. The van der Waals surface area contributed by atoms with Crippen LogP contribution in [0, 0.1) is 26.9 Å². The van der Waals surface area contributed by atoms with Gasteiger partial charge in [0.15, 0.2) is 0 Å². The number of aromatic carboxylic acids is 1. The Labute approximate surface area is 103 Å². The number of aromatic nitrogens is 1. The Balaban J connectivity index is 2.98. The normalized spacial score (nSPS) is 10.9. The molecule has 1 aromatic rings. The summed E-state index contributed by atoms with van der Waals surface area (Å²) in [6.45, 7) is 3.70. The number of carboxylic acids is 1. The highest BCUT2D eigenvalue weighted by atomic mass is 16.6. The third-order valence-corrected chi connectivity index (χ3v) is 2.59. The summed E-state index contributed by atoms with van der Waals surface area (Å²) in [6, 6.07) is 3.11. The minimum absolute atomic E-state index is 0.143.